The number of nitrogens with zero attached hydrogens (tertiary/aromatic N) is 3. The van der Waals surface area contributed by atoms with Gasteiger partial charge in [0.2, 0.25) is 0 Å². The molecule has 1 aromatic heterocycles. The molecule has 8 heteroatoms. The number of fused-ring (bicyclic) bond motifs is 2. The van der Waals surface area contributed by atoms with Gasteiger partial charge in [-0.2, -0.15) is 0 Å². The molecule has 0 spiro atoms. The number of benzene rings is 3. The minimum Gasteiger partial charge on any atom is -0.493 e. The Balaban J connectivity index is 1.18. The average molecular weight is 548 g/mol. The van der Waals surface area contributed by atoms with E-state index in [2.05, 4.69) is 17.1 Å². The Morgan fingerprint density at radius 1 is 0.902 bits per heavy atom. The number of hydrogen-bond acceptors (Lipinski definition) is 6. The SMILES string of the molecule is COc1ccc(N2Cc3ccc(C(=O)N4Cc5cnccc5C4=O)cc3C2=O)cc1OC(C)CCc1ccccc1. The number of aryl methyl sites for hydroxylation is 1. The number of carbonyl (C=O) groups excluding carboxylic acids is 3. The van der Waals surface area contributed by atoms with Gasteiger partial charge in [-0.05, 0) is 61.2 Å². The van der Waals surface area contributed by atoms with Crippen LogP contribution in [0.2, 0.25) is 0 Å². The van der Waals surface area contributed by atoms with Crippen molar-refractivity contribution < 1.29 is 23.9 Å². The van der Waals surface area contributed by atoms with Crippen molar-refractivity contribution >= 4 is 23.4 Å². The van der Waals surface area contributed by atoms with Crippen molar-refractivity contribution in [2.75, 3.05) is 12.0 Å². The maximum Gasteiger partial charge on any atom is 0.261 e. The fraction of sp³-hybridized carbons (Fsp3) is 0.212. The molecule has 0 saturated heterocycles. The van der Waals surface area contributed by atoms with Crippen molar-refractivity contribution in [1.29, 1.82) is 0 Å². The van der Waals surface area contributed by atoms with Crippen LogP contribution in [0.5, 0.6) is 11.5 Å². The fourth-order valence-corrected chi connectivity index (χ4v) is 5.33. The van der Waals surface area contributed by atoms with Gasteiger partial charge in [0.1, 0.15) is 0 Å². The van der Waals surface area contributed by atoms with Gasteiger partial charge in [0.05, 0.1) is 26.3 Å². The van der Waals surface area contributed by atoms with E-state index < -0.39 is 5.91 Å². The van der Waals surface area contributed by atoms with Crippen LogP contribution in [-0.4, -0.2) is 40.8 Å². The Kier molecular flexibility index (Phi) is 6.97. The second kappa shape index (κ2) is 10.9. The maximum atomic E-state index is 13.5. The van der Waals surface area contributed by atoms with E-state index in [0.29, 0.717) is 46.0 Å². The maximum absolute atomic E-state index is 13.5. The van der Waals surface area contributed by atoms with E-state index in [0.717, 1.165) is 18.4 Å². The highest BCUT2D eigenvalue weighted by molar-refractivity contribution is 6.15. The Morgan fingerprint density at radius 2 is 1.73 bits per heavy atom. The van der Waals surface area contributed by atoms with Gasteiger partial charge in [0, 0.05) is 46.4 Å². The number of amides is 3. The number of pyridine rings is 1. The number of rotatable bonds is 8. The molecule has 4 aromatic rings. The van der Waals surface area contributed by atoms with Crippen molar-refractivity contribution in [3.63, 3.8) is 0 Å². The Hall–Kier alpha value is -4.98. The molecular weight excluding hydrogens is 518 g/mol. The summed E-state index contributed by atoms with van der Waals surface area (Å²) < 4.78 is 11.8. The fourth-order valence-electron chi connectivity index (χ4n) is 5.33. The molecule has 0 N–H and O–H groups in total. The van der Waals surface area contributed by atoms with Gasteiger partial charge in [-0.3, -0.25) is 24.3 Å². The zero-order valence-electron chi connectivity index (χ0n) is 22.9. The van der Waals surface area contributed by atoms with Crippen LogP contribution < -0.4 is 14.4 Å². The number of aromatic nitrogens is 1. The van der Waals surface area contributed by atoms with Gasteiger partial charge in [-0.25, -0.2) is 0 Å². The highest BCUT2D eigenvalue weighted by Gasteiger charge is 2.35. The van der Waals surface area contributed by atoms with E-state index >= 15 is 0 Å². The summed E-state index contributed by atoms with van der Waals surface area (Å²) in [6, 6.07) is 22.4. The summed E-state index contributed by atoms with van der Waals surface area (Å²) in [4.78, 5) is 46.5. The lowest BCUT2D eigenvalue weighted by Gasteiger charge is -2.21. The molecule has 1 unspecified atom stereocenters. The number of hydrogen-bond donors (Lipinski definition) is 0. The molecule has 0 radical (unpaired) electrons. The molecule has 3 amide bonds. The van der Waals surface area contributed by atoms with Crippen molar-refractivity contribution in [3.8, 4) is 11.5 Å². The van der Waals surface area contributed by atoms with E-state index in [1.54, 1.807) is 48.5 Å². The number of anilines is 1. The molecule has 0 bridgehead atoms. The molecule has 0 aliphatic carbocycles. The topological polar surface area (TPSA) is 89.0 Å². The summed E-state index contributed by atoms with van der Waals surface area (Å²) in [5, 5.41) is 0. The summed E-state index contributed by atoms with van der Waals surface area (Å²) in [7, 11) is 1.59. The molecule has 3 heterocycles. The quantitative estimate of drug-likeness (QED) is 0.273. The lowest BCUT2D eigenvalue weighted by Crippen LogP contribution is -2.31. The van der Waals surface area contributed by atoms with Gasteiger partial charge >= 0.3 is 0 Å². The van der Waals surface area contributed by atoms with E-state index in [1.165, 1.54) is 16.7 Å². The molecule has 0 fully saturated rings. The van der Waals surface area contributed by atoms with Crippen LogP contribution in [0, 0.1) is 0 Å². The smallest absolute Gasteiger partial charge is 0.261 e. The second-order valence-corrected chi connectivity index (χ2v) is 10.3. The van der Waals surface area contributed by atoms with Crippen LogP contribution in [0.1, 0.15) is 61.1 Å². The molecule has 206 valence electrons. The number of carbonyl (C=O) groups is 3. The minimum atomic E-state index is -0.440. The van der Waals surface area contributed by atoms with Gasteiger partial charge < -0.3 is 14.4 Å². The molecule has 2 aliphatic heterocycles. The van der Waals surface area contributed by atoms with Crippen molar-refractivity contribution in [2.24, 2.45) is 0 Å². The normalized spacial score (nSPS) is 14.6. The predicted molar refractivity (Wildman–Crippen MR) is 153 cm³/mol. The molecule has 3 aromatic carbocycles. The molecule has 8 nitrogen and oxygen atoms in total. The summed E-state index contributed by atoms with van der Waals surface area (Å²) in [6.45, 7) is 2.54. The zero-order valence-corrected chi connectivity index (χ0v) is 22.9. The molecule has 41 heavy (non-hydrogen) atoms. The number of imide groups is 1. The highest BCUT2D eigenvalue weighted by atomic mass is 16.5. The number of methoxy groups -OCH3 is 1. The largest absolute Gasteiger partial charge is 0.493 e. The average Bonchev–Trinajstić information content (AvgIpc) is 3.52. The van der Waals surface area contributed by atoms with Crippen LogP contribution in [0.15, 0.2) is 85.2 Å². The molecule has 1 atom stereocenters. The van der Waals surface area contributed by atoms with Crippen LogP contribution in [0.25, 0.3) is 0 Å². The summed E-state index contributed by atoms with van der Waals surface area (Å²) in [5.41, 5.74) is 4.64. The third-order valence-corrected chi connectivity index (χ3v) is 7.58. The van der Waals surface area contributed by atoms with E-state index in [4.69, 9.17) is 9.47 Å². The van der Waals surface area contributed by atoms with E-state index in [9.17, 15) is 14.4 Å². The Bertz CT molecular complexity index is 1650. The first kappa shape index (κ1) is 26.3. The van der Waals surface area contributed by atoms with Crippen molar-refractivity contribution in [3.05, 3.63) is 119 Å². The highest BCUT2D eigenvalue weighted by Crippen LogP contribution is 2.37. The minimum absolute atomic E-state index is 0.0744. The zero-order chi connectivity index (χ0) is 28.5. The summed E-state index contributed by atoms with van der Waals surface area (Å²) in [5.74, 6) is 0.133. The van der Waals surface area contributed by atoms with E-state index in [-0.39, 0.29) is 24.5 Å². The second-order valence-electron chi connectivity index (χ2n) is 10.3. The Morgan fingerprint density at radius 3 is 2.51 bits per heavy atom. The van der Waals surface area contributed by atoms with Crippen LogP contribution in [0.4, 0.5) is 5.69 Å². The van der Waals surface area contributed by atoms with Gasteiger partial charge in [0.15, 0.2) is 11.5 Å². The molecule has 2 aliphatic rings. The first-order valence-corrected chi connectivity index (χ1v) is 13.6. The van der Waals surface area contributed by atoms with Crippen LogP contribution >= 0.6 is 0 Å². The first-order chi connectivity index (χ1) is 19.9. The van der Waals surface area contributed by atoms with Crippen LogP contribution in [0.3, 0.4) is 0 Å². The molecular formula is C33H29N3O5. The van der Waals surface area contributed by atoms with Crippen molar-refractivity contribution in [2.45, 2.75) is 39.0 Å². The third-order valence-electron chi connectivity index (χ3n) is 7.58. The predicted octanol–water partition coefficient (Wildman–Crippen LogP) is 5.45. The monoisotopic (exact) mass is 547 g/mol. The van der Waals surface area contributed by atoms with Gasteiger partial charge in [0.25, 0.3) is 17.7 Å². The lowest BCUT2D eigenvalue weighted by molar-refractivity contribution is 0.0631. The summed E-state index contributed by atoms with van der Waals surface area (Å²) in [6.07, 6.45) is 4.77. The third kappa shape index (κ3) is 5.04. The van der Waals surface area contributed by atoms with Crippen LogP contribution in [-0.2, 0) is 19.5 Å². The van der Waals surface area contributed by atoms with Gasteiger partial charge in [-0.1, -0.05) is 36.4 Å². The Labute approximate surface area is 238 Å². The van der Waals surface area contributed by atoms with Gasteiger partial charge in [-0.15, -0.1) is 0 Å². The molecule has 6 rings (SSSR count). The summed E-state index contributed by atoms with van der Waals surface area (Å²) >= 11 is 0. The molecule has 0 saturated carbocycles. The standard InChI is InChI=1S/C33H29N3O5/c1-21(8-9-22-6-4-3-5-7-22)41-30-17-26(12-13-29(30)40-2)35-19-24-11-10-23(16-28(24)33(35)39)31(37)36-20-25-18-34-15-14-27(25)32(36)38/h3-7,10-18,21H,8-9,19-20H2,1-2H3. The number of ether oxygens (including phenoxy) is 2. The van der Waals surface area contributed by atoms with Crippen molar-refractivity contribution in [1.82, 2.24) is 9.88 Å². The lowest BCUT2D eigenvalue weighted by atomic mass is 10.1. The first-order valence-electron chi connectivity index (χ1n) is 13.6. The van der Waals surface area contributed by atoms with E-state index in [1.807, 2.05) is 37.3 Å².